The number of ether oxygens (including phenoxy) is 3. The van der Waals surface area contributed by atoms with E-state index in [9.17, 15) is 0 Å². The molecule has 1 saturated heterocycles. The molecule has 2 heterocycles. The molecule has 1 aliphatic rings. The molecule has 10 nitrogen and oxygen atoms in total. The van der Waals surface area contributed by atoms with Crippen LogP contribution in [0.2, 0.25) is 15.1 Å². The second-order valence-corrected chi connectivity index (χ2v) is 11.5. The van der Waals surface area contributed by atoms with Crippen molar-refractivity contribution >= 4 is 80.5 Å². The van der Waals surface area contributed by atoms with Crippen molar-refractivity contribution in [1.29, 1.82) is 0 Å². The molecule has 0 aliphatic carbocycles. The summed E-state index contributed by atoms with van der Waals surface area (Å²) in [6, 6.07) is 14.5. The molecule has 0 amide bonds. The van der Waals surface area contributed by atoms with Gasteiger partial charge < -0.3 is 24.4 Å². The molecule has 14 heteroatoms. The van der Waals surface area contributed by atoms with Gasteiger partial charge in [0.2, 0.25) is 17.8 Å². The Kier molecular flexibility index (Phi) is 10.4. The molecular weight excluding hydrogens is 681 g/mol. The highest BCUT2D eigenvalue weighted by Gasteiger charge is 2.17. The molecule has 0 saturated carbocycles. The first-order valence-corrected chi connectivity index (χ1v) is 15.1. The summed E-state index contributed by atoms with van der Waals surface area (Å²) in [5.41, 5.74) is 6.16. The normalized spacial score (nSPS) is 13.3. The summed E-state index contributed by atoms with van der Waals surface area (Å²) in [6.45, 7) is 4.68. The van der Waals surface area contributed by atoms with Crippen molar-refractivity contribution < 1.29 is 14.2 Å². The fourth-order valence-corrected chi connectivity index (χ4v) is 5.26. The van der Waals surface area contributed by atoms with Crippen LogP contribution in [0.25, 0.3) is 0 Å². The molecule has 43 heavy (non-hydrogen) atoms. The van der Waals surface area contributed by atoms with Crippen molar-refractivity contribution in [2.45, 2.75) is 13.5 Å². The lowest BCUT2D eigenvalue weighted by atomic mass is 10.2. The zero-order valence-electron chi connectivity index (χ0n) is 23.2. The number of aromatic nitrogens is 3. The van der Waals surface area contributed by atoms with E-state index in [2.05, 4.69) is 46.7 Å². The summed E-state index contributed by atoms with van der Waals surface area (Å²) in [5, 5.41) is 9.30. The highest BCUT2D eigenvalue weighted by molar-refractivity contribution is 9.10. The minimum Gasteiger partial charge on any atom is -0.493 e. The van der Waals surface area contributed by atoms with Crippen molar-refractivity contribution in [3.63, 3.8) is 0 Å². The fourth-order valence-electron chi connectivity index (χ4n) is 4.08. The molecule has 0 unspecified atom stereocenters. The van der Waals surface area contributed by atoms with Crippen LogP contribution in [0.1, 0.15) is 16.7 Å². The van der Waals surface area contributed by atoms with Gasteiger partial charge >= 0.3 is 0 Å². The van der Waals surface area contributed by atoms with E-state index in [0.29, 0.717) is 64.8 Å². The third-order valence-corrected chi connectivity index (χ3v) is 8.03. The summed E-state index contributed by atoms with van der Waals surface area (Å²) in [6.07, 6.45) is 1.63. The van der Waals surface area contributed by atoms with Crippen LogP contribution in [0.4, 0.5) is 23.5 Å². The fraction of sp³-hybridized carbons (Fsp3) is 0.241. The van der Waals surface area contributed by atoms with Gasteiger partial charge in [-0.15, -0.1) is 0 Å². The number of nitrogens with one attached hydrogen (secondary N) is 2. The van der Waals surface area contributed by atoms with Crippen molar-refractivity contribution in [1.82, 2.24) is 15.0 Å². The molecule has 0 bridgehead atoms. The molecule has 2 N–H and O–H groups in total. The van der Waals surface area contributed by atoms with Gasteiger partial charge in [0.05, 0.1) is 32.2 Å². The highest BCUT2D eigenvalue weighted by atomic mass is 79.9. The number of hydrazone groups is 1. The number of morpholine rings is 1. The lowest BCUT2D eigenvalue weighted by molar-refractivity contribution is 0.122. The molecule has 1 fully saturated rings. The quantitative estimate of drug-likeness (QED) is 0.128. The van der Waals surface area contributed by atoms with Gasteiger partial charge in [-0.3, -0.25) is 0 Å². The van der Waals surface area contributed by atoms with Crippen molar-refractivity contribution in [3.8, 4) is 11.5 Å². The van der Waals surface area contributed by atoms with E-state index in [1.54, 1.807) is 31.5 Å². The van der Waals surface area contributed by atoms with E-state index >= 15 is 0 Å². The van der Waals surface area contributed by atoms with Crippen molar-refractivity contribution in [2.24, 2.45) is 5.10 Å². The summed E-state index contributed by atoms with van der Waals surface area (Å²) in [4.78, 5) is 15.8. The molecular formula is C29H27BrCl3N7O3. The van der Waals surface area contributed by atoms with Gasteiger partial charge in [0.25, 0.3) is 0 Å². The van der Waals surface area contributed by atoms with Crippen LogP contribution in [-0.4, -0.2) is 54.6 Å². The summed E-state index contributed by atoms with van der Waals surface area (Å²) in [7, 11) is 1.57. The van der Waals surface area contributed by atoms with Crippen LogP contribution >= 0.6 is 50.7 Å². The Morgan fingerprint density at radius 2 is 1.77 bits per heavy atom. The third kappa shape index (κ3) is 8.18. The second-order valence-electron chi connectivity index (χ2n) is 9.39. The van der Waals surface area contributed by atoms with Gasteiger partial charge in [-0.1, -0.05) is 40.9 Å². The number of rotatable bonds is 10. The average molecular weight is 708 g/mol. The predicted octanol–water partition coefficient (Wildman–Crippen LogP) is 7.52. The summed E-state index contributed by atoms with van der Waals surface area (Å²) in [5.74, 6) is 2.19. The lowest BCUT2D eigenvalue weighted by Crippen LogP contribution is -2.37. The van der Waals surface area contributed by atoms with Crippen LogP contribution in [0.5, 0.6) is 11.5 Å². The smallest absolute Gasteiger partial charge is 0.250 e. The van der Waals surface area contributed by atoms with E-state index in [4.69, 9.17) is 49.0 Å². The maximum absolute atomic E-state index is 6.36. The van der Waals surface area contributed by atoms with E-state index < -0.39 is 0 Å². The second kappa shape index (κ2) is 14.4. The Morgan fingerprint density at radius 3 is 2.53 bits per heavy atom. The predicted molar refractivity (Wildman–Crippen MR) is 175 cm³/mol. The first-order valence-electron chi connectivity index (χ1n) is 13.1. The van der Waals surface area contributed by atoms with Gasteiger partial charge in [-0.2, -0.15) is 20.1 Å². The topological polar surface area (TPSA) is 106 Å². The molecule has 1 aliphatic heterocycles. The Labute approximate surface area is 272 Å². The van der Waals surface area contributed by atoms with E-state index in [0.717, 1.165) is 26.9 Å². The number of hydrogen-bond acceptors (Lipinski definition) is 10. The molecule has 0 radical (unpaired) electrons. The SMILES string of the molecule is COc1cc(/C=N/Nc2nc(Nc3cc(Cl)c(C)cc3Br)nc(N3CCOCC3)n2)ccc1OCc1ccc(Cl)cc1Cl. The number of halogens is 4. The van der Waals surface area contributed by atoms with Crippen LogP contribution in [0.15, 0.2) is 58.1 Å². The van der Waals surface area contributed by atoms with Gasteiger partial charge in [0.1, 0.15) is 6.61 Å². The monoisotopic (exact) mass is 705 g/mol. The molecule has 5 rings (SSSR count). The molecule has 4 aromatic rings. The molecule has 1 aromatic heterocycles. The van der Waals surface area contributed by atoms with Crippen LogP contribution in [0.3, 0.4) is 0 Å². The van der Waals surface area contributed by atoms with E-state index in [-0.39, 0.29) is 12.6 Å². The zero-order chi connectivity index (χ0) is 30.3. The molecule has 224 valence electrons. The number of aryl methyl sites for hydroxylation is 1. The maximum atomic E-state index is 6.36. The Morgan fingerprint density at radius 1 is 0.977 bits per heavy atom. The van der Waals surface area contributed by atoms with Gasteiger partial charge in [0, 0.05) is 38.2 Å². The average Bonchev–Trinajstić information content (AvgIpc) is 3.00. The van der Waals surface area contributed by atoms with Gasteiger partial charge in [-0.25, -0.2) is 5.43 Å². The van der Waals surface area contributed by atoms with Crippen LogP contribution in [0, 0.1) is 6.92 Å². The van der Waals surface area contributed by atoms with Crippen LogP contribution in [-0.2, 0) is 11.3 Å². The maximum Gasteiger partial charge on any atom is 0.250 e. The van der Waals surface area contributed by atoms with Crippen molar-refractivity contribution in [3.05, 3.63) is 84.8 Å². The third-order valence-electron chi connectivity index (χ3n) is 6.38. The van der Waals surface area contributed by atoms with Gasteiger partial charge in [-0.05, 0) is 76.4 Å². The first kappa shape index (κ1) is 31.1. The first-order chi connectivity index (χ1) is 20.8. The summed E-state index contributed by atoms with van der Waals surface area (Å²) < 4.78 is 17.8. The largest absolute Gasteiger partial charge is 0.493 e. The molecule has 0 atom stereocenters. The summed E-state index contributed by atoms with van der Waals surface area (Å²) >= 11 is 22.2. The Hall–Kier alpha value is -3.35. The molecule has 0 spiro atoms. The minimum absolute atomic E-state index is 0.258. The number of methoxy groups -OCH3 is 1. The van der Waals surface area contributed by atoms with E-state index in [1.807, 2.05) is 42.2 Å². The number of benzene rings is 3. The number of hydrogen-bond donors (Lipinski definition) is 2. The Balaban J connectivity index is 1.32. The number of nitrogens with zero attached hydrogens (tertiary/aromatic N) is 5. The molecule has 3 aromatic carbocycles. The zero-order valence-corrected chi connectivity index (χ0v) is 27.1. The Bertz CT molecular complexity index is 1640. The van der Waals surface area contributed by atoms with Crippen molar-refractivity contribution in [2.75, 3.05) is 49.1 Å². The lowest BCUT2D eigenvalue weighted by Gasteiger charge is -2.27. The van der Waals surface area contributed by atoms with Crippen LogP contribution < -0.4 is 25.1 Å². The highest BCUT2D eigenvalue weighted by Crippen LogP contribution is 2.32. The van der Waals surface area contributed by atoms with Gasteiger partial charge in [0.15, 0.2) is 11.5 Å². The minimum atomic E-state index is 0.258. The standard InChI is InChI=1S/C29H27BrCl3N7O3/c1-17-11-21(30)24(14-22(17)32)35-27-36-28(38-29(37-27)40-7-9-42-10-8-40)39-34-15-18-3-6-25(26(12-18)41-2)43-16-19-4-5-20(31)13-23(19)33/h3-6,11-15H,7-10,16H2,1-2H3,(H2,35,36,37,38,39)/b34-15+. The van der Waals surface area contributed by atoms with E-state index in [1.165, 1.54) is 0 Å². The number of anilines is 4.